The average molecular weight is 299 g/mol. The minimum Gasteiger partial charge on any atom is -0.454 e. The van der Waals surface area contributed by atoms with Gasteiger partial charge in [0.05, 0.1) is 29.3 Å². The lowest BCUT2D eigenvalue weighted by Crippen LogP contribution is -2.47. The first-order valence-corrected chi connectivity index (χ1v) is 6.62. The van der Waals surface area contributed by atoms with Gasteiger partial charge in [-0.1, -0.05) is 11.6 Å². The van der Waals surface area contributed by atoms with Crippen LogP contribution in [0, 0.1) is 5.41 Å². The minimum absolute atomic E-state index is 0.152. The highest BCUT2D eigenvalue weighted by molar-refractivity contribution is 6.34. The van der Waals surface area contributed by atoms with E-state index in [2.05, 4.69) is 5.32 Å². The lowest BCUT2D eigenvalue weighted by molar-refractivity contribution is -0.125. The minimum atomic E-state index is -0.764. The maximum absolute atomic E-state index is 12.4. The summed E-state index contributed by atoms with van der Waals surface area (Å²) < 4.78 is 15.8. The monoisotopic (exact) mass is 298 g/mol. The summed E-state index contributed by atoms with van der Waals surface area (Å²) in [6, 6.07) is 2.93. The Bertz CT molecular complexity index is 566. The standard InChI is InChI=1S/C13H15ClN2O4/c1-13(5-18-4-11(13)15)12(17)16-8-3-10-9(2-7(8)14)19-6-20-10/h2-3,11H,4-6,15H2,1H3,(H,16,17). The van der Waals surface area contributed by atoms with E-state index in [1.165, 1.54) is 0 Å². The number of fused-ring (bicyclic) bond motifs is 1. The molecule has 1 amide bonds. The Labute approximate surface area is 121 Å². The third-order valence-electron chi connectivity index (χ3n) is 3.75. The second-order valence-corrected chi connectivity index (χ2v) is 5.59. The molecule has 1 saturated heterocycles. The van der Waals surface area contributed by atoms with Crippen molar-refractivity contribution in [1.29, 1.82) is 0 Å². The predicted octanol–water partition coefficient (Wildman–Crippen LogP) is 1.37. The molecular weight excluding hydrogens is 284 g/mol. The molecule has 0 spiro atoms. The van der Waals surface area contributed by atoms with E-state index in [1.807, 2.05) is 0 Å². The third-order valence-corrected chi connectivity index (χ3v) is 4.06. The molecule has 20 heavy (non-hydrogen) atoms. The Hall–Kier alpha value is -1.50. The SMILES string of the molecule is CC1(C(=O)Nc2cc3c(cc2Cl)OCO3)COCC1N. The van der Waals surface area contributed by atoms with E-state index in [1.54, 1.807) is 19.1 Å². The Morgan fingerprint density at radius 1 is 1.45 bits per heavy atom. The molecule has 2 unspecified atom stereocenters. The lowest BCUT2D eigenvalue weighted by Gasteiger charge is -2.25. The van der Waals surface area contributed by atoms with Gasteiger partial charge in [-0.25, -0.2) is 0 Å². The molecular formula is C13H15ClN2O4. The van der Waals surface area contributed by atoms with E-state index >= 15 is 0 Å². The van der Waals surface area contributed by atoms with E-state index in [0.29, 0.717) is 35.4 Å². The van der Waals surface area contributed by atoms with E-state index in [4.69, 9.17) is 31.5 Å². The molecule has 0 radical (unpaired) electrons. The normalized spacial score (nSPS) is 27.6. The molecule has 7 heteroatoms. The van der Waals surface area contributed by atoms with E-state index in [-0.39, 0.29) is 18.7 Å². The van der Waals surface area contributed by atoms with Crippen LogP contribution in [0.3, 0.4) is 0 Å². The first-order valence-electron chi connectivity index (χ1n) is 6.24. The smallest absolute Gasteiger partial charge is 0.234 e. The summed E-state index contributed by atoms with van der Waals surface area (Å²) >= 11 is 6.13. The number of carbonyl (C=O) groups is 1. The number of rotatable bonds is 2. The van der Waals surface area contributed by atoms with Gasteiger partial charge in [-0.2, -0.15) is 0 Å². The summed E-state index contributed by atoms with van der Waals surface area (Å²) in [6.07, 6.45) is 0. The van der Waals surface area contributed by atoms with Crippen molar-refractivity contribution in [2.24, 2.45) is 11.1 Å². The van der Waals surface area contributed by atoms with Crippen LogP contribution in [0.5, 0.6) is 11.5 Å². The fourth-order valence-corrected chi connectivity index (χ4v) is 2.40. The molecule has 2 atom stereocenters. The number of halogens is 1. The molecule has 108 valence electrons. The van der Waals surface area contributed by atoms with Crippen LogP contribution >= 0.6 is 11.6 Å². The number of benzene rings is 1. The summed E-state index contributed by atoms with van der Waals surface area (Å²) in [5.41, 5.74) is 5.64. The number of amides is 1. The Balaban J connectivity index is 1.83. The molecule has 0 bridgehead atoms. The van der Waals surface area contributed by atoms with Gasteiger partial charge < -0.3 is 25.3 Å². The van der Waals surface area contributed by atoms with Crippen molar-refractivity contribution in [3.8, 4) is 11.5 Å². The van der Waals surface area contributed by atoms with Gasteiger partial charge in [-0.15, -0.1) is 0 Å². The van der Waals surface area contributed by atoms with Crippen LogP contribution in [-0.2, 0) is 9.53 Å². The fourth-order valence-electron chi connectivity index (χ4n) is 2.20. The highest BCUT2D eigenvalue weighted by atomic mass is 35.5. The molecule has 2 heterocycles. The van der Waals surface area contributed by atoms with Crippen LogP contribution in [0.4, 0.5) is 5.69 Å². The summed E-state index contributed by atoms with van der Waals surface area (Å²) in [7, 11) is 0. The molecule has 2 aliphatic heterocycles. The Morgan fingerprint density at radius 2 is 2.15 bits per heavy atom. The number of anilines is 1. The number of nitrogens with one attached hydrogen (secondary N) is 1. The zero-order valence-electron chi connectivity index (χ0n) is 10.9. The number of ether oxygens (including phenoxy) is 3. The lowest BCUT2D eigenvalue weighted by atomic mass is 9.85. The number of carbonyl (C=O) groups excluding carboxylic acids is 1. The molecule has 3 N–H and O–H groups in total. The predicted molar refractivity (Wildman–Crippen MR) is 73.1 cm³/mol. The topological polar surface area (TPSA) is 82.8 Å². The number of nitrogens with two attached hydrogens (primary N) is 1. The van der Waals surface area contributed by atoms with E-state index in [0.717, 1.165) is 0 Å². The molecule has 1 fully saturated rings. The quantitative estimate of drug-likeness (QED) is 0.861. The zero-order valence-corrected chi connectivity index (χ0v) is 11.7. The van der Waals surface area contributed by atoms with E-state index < -0.39 is 5.41 Å². The van der Waals surface area contributed by atoms with Gasteiger partial charge in [-0.3, -0.25) is 4.79 Å². The van der Waals surface area contributed by atoms with Gasteiger partial charge in [0, 0.05) is 18.2 Å². The average Bonchev–Trinajstić information content (AvgIpc) is 2.98. The molecule has 2 aliphatic rings. The molecule has 0 saturated carbocycles. The summed E-state index contributed by atoms with van der Waals surface area (Å²) in [5.74, 6) is 0.908. The Morgan fingerprint density at radius 3 is 2.80 bits per heavy atom. The number of hydrogen-bond donors (Lipinski definition) is 2. The van der Waals surface area contributed by atoms with Crippen LogP contribution in [0.25, 0.3) is 0 Å². The van der Waals surface area contributed by atoms with Crippen LogP contribution in [-0.4, -0.2) is 32.0 Å². The Kier molecular flexibility index (Phi) is 3.24. The first-order chi connectivity index (χ1) is 9.50. The first kappa shape index (κ1) is 13.5. The number of hydrogen-bond acceptors (Lipinski definition) is 5. The van der Waals surface area contributed by atoms with Crippen molar-refractivity contribution in [3.63, 3.8) is 0 Å². The van der Waals surface area contributed by atoms with Crippen molar-refractivity contribution in [2.45, 2.75) is 13.0 Å². The highest BCUT2D eigenvalue weighted by Gasteiger charge is 2.44. The van der Waals surface area contributed by atoms with Gasteiger partial charge in [0.2, 0.25) is 12.7 Å². The van der Waals surface area contributed by atoms with Crippen LogP contribution in [0.2, 0.25) is 5.02 Å². The van der Waals surface area contributed by atoms with Crippen molar-refractivity contribution in [1.82, 2.24) is 0 Å². The van der Waals surface area contributed by atoms with E-state index in [9.17, 15) is 4.79 Å². The van der Waals surface area contributed by atoms with Gasteiger partial charge >= 0.3 is 0 Å². The van der Waals surface area contributed by atoms with Crippen LogP contribution in [0.15, 0.2) is 12.1 Å². The van der Waals surface area contributed by atoms with Gasteiger partial charge in [0.25, 0.3) is 0 Å². The molecule has 0 aromatic heterocycles. The summed E-state index contributed by atoms with van der Waals surface area (Å²) in [4.78, 5) is 12.4. The highest BCUT2D eigenvalue weighted by Crippen LogP contribution is 2.40. The fraction of sp³-hybridized carbons (Fsp3) is 0.462. The molecule has 1 aromatic rings. The van der Waals surface area contributed by atoms with Gasteiger partial charge in [0.15, 0.2) is 11.5 Å². The molecule has 0 aliphatic carbocycles. The van der Waals surface area contributed by atoms with Crippen LogP contribution in [0.1, 0.15) is 6.92 Å². The second kappa shape index (κ2) is 4.80. The van der Waals surface area contributed by atoms with Crippen molar-refractivity contribution < 1.29 is 19.0 Å². The third kappa shape index (κ3) is 2.09. The summed E-state index contributed by atoms with van der Waals surface area (Å²) in [5, 5.41) is 3.17. The molecule has 1 aromatic carbocycles. The van der Waals surface area contributed by atoms with Crippen molar-refractivity contribution in [3.05, 3.63) is 17.2 Å². The van der Waals surface area contributed by atoms with Gasteiger partial charge in [0.1, 0.15) is 0 Å². The maximum atomic E-state index is 12.4. The molecule has 6 nitrogen and oxygen atoms in total. The van der Waals surface area contributed by atoms with Gasteiger partial charge in [-0.05, 0) is 6.92 Å². The van der Waals surface area contributed by atoms with Crippen LogP contribution < -0.4 is 20.5 Å². The van der Waals surface area contributed by atoms with Crippen molar-refractivity contribution in [2.75, 3.05) is 25.3 Å². The zero-order chi connectivity index (χ0) is 14.3. The second-order valence-electron chi connectivity index (χ2n) is 5.18. The summed E-state index contributed by atoms with van der Waals surface area (Å²) in [6.45, 7) is 2.60. The maximum Gasteiger partial charge on any atom is 0.234 e. The largest absolute Gasteiger partial charge is 0.454 e. The molecule has 3 rings (SSSR count). The van der Waals surface area contributed by atoms with Crippen molar-refractivity contribution >= 4 is 23.2 Å².